The van der Waals surface area contributed by atoms with Gasteiger partial charge in [-0.25, -0.2) is 4.98 Å². The van der Waals surface area contributed by atoms with Crippen molar-refractivity contribution in [2.45, 2.75) is 12.3 Å². The van der Waals surface area contributed by atoms with Crippen LogP contribution in [0.1, 0.15) is 22.6 Å². The van der Waals surface area contributed by atoms with Crippen molar-refractivity contribution in [1.29, 1.82) is 0 Å². The predicted molar refractivity (Wildman–Crippen MR) is 160 cm³/mol. The molecule has 9 rings (SSSR count). The second kappa shape index (κ2) is 7.40. The highest BCUT2D eigenvalue weighted by atomic mass is 14.7. The second-order valence-electron chi connectivity index (χ2n) is 10.7. The minimum atomic E-state index is 0.338. The van der Waals surface area contributed by atoms with Crippen molar-refractivity contribution in [3.8, 4) is 11.1 Å². The molecule has 0 saturated carbocycles. The number of pyridine rings is 1. The van der Waals surface area contributed by atoms with Gasteiger partial charge in [0.05, 0.1) is 11.0 Å². The Balaban J connectivity index is 1.47. The lowest BCUT2D eigenvalue weighted by Gasteiger charge is -2.34. The van der Waals surface area contributed by atoms with Crippen LogP contribution in [0.3, 0.4) is 0 Å². The van der Waals surface area contributed by atoms with Crippen LogP contribution in [0.15, 0.2) is 126 Å². The van der Waals surface area contributed by atoms with Crippen LogP contribution in [-0.2, 0) is 6.42 Å². The summed E-state index contributed by atoms with van der Waals surface area (Å²) in [6, 6.07) is 31.1. The van der Waals surface area contributed by atoms with Crippen LogP contribution in [0.5, 0.6) is 0 Å². The van der Waals surface area contributed by atoms with E-state index < -0.39 is 0 Å². The molecular formula is C37H23N. The fourth-order valence-electron chi connectivity index (χ4n) is 7.03. The zero-order valence-electron chi connectivity index (χ0n) is 20.8. The smallest absolute Gasteiger partial charge is 0.0794 e. The molecular weight excluding hydrogens is 458 g/mol. The topological polar surface area (TPSA) is 12.9 Å². The lowest BCUT2D eigenvalue weighted by molar-refractivity contribution is 0.893. The van der Waals surface area contributed by atoms with Crippen molar-refractivity contribution < 1.29 is 0 Å². The van der Waals surface area contributed by atoms with Gasteiger partial charge in [0.25, 0.3) is 0 Å². The van der Waals surface area contributed by atoms with E-state index in [1.807, 2.05) is 0 Å². The summed E-state index contributed by atoms with van der Waals surface area (Å²) in [5.41, 5.74) is 11.9. The van der Waals surface area contributed by atoms with Gasteiger partial charge < -0.3 is 0 Å². The Hall–Kier alpha value is -4.75. The number of aromatic nitrogens is 1. The van der Waals surface area contributed by atoms with Crippen molar-refractivity contribution in [1.82, 2.24) is 4.98 Å². The molecule has 176 valence electrons. The summed E-state index contributed by atoms with van der Waals surface area (Å²) in [7, 11) is 0. The Bertz CT molecular complexity index is 2060. The number of benzene rings is 5. The molecule has 38 heavy (non-hydrogen) atoms. The van der Waals surface area contributed by atoms with Crippen LogP contribution < -0.4 is 0 Å². The molecule has 1 heteroatoms. The van der Waals surface area contributed by atoms with Crippen molar-refractivity contribution >= 4 is 49.4 Å². The Morgan fingerprint density at radius 1 is 0.605 bits per heavy atom. The van der Waals surface area contributed by atoms with Crippen LogP contribution >= 0.6 is 0 Å². The van der Waals surface area contributed by atoms with E-state index >= 15 is 0 Å². The molecule has 3 aliphatic carbocycles. The lowest BCUT2D eigenvalue weighted by atomic mass is 9.69. The molecule has 0 aliphatic heterocycles. The monoisotopic (exact) mass is 481 g/mol. The largest absolute Gasteiger partial charge is 0.246 e. The lowest BCUT2D eigenvalue weighted by Crippen LogP contribution is -2.17. The molecule has 1 atom stereocenters. The minimum absolute atomic E-state index is 0.338. The van der Waals surface area contributed by atoms with E-state index in [1.165, 1.54) is 71.3 Å². The van der Waals surface area contributed by atoms with Crippen molar-refractivity contribution in [2.24, 2.45) is 0 Å². The van der Waals surface area contributed by atoms with Gasteiger partial charge in [0.15, 0.2) is 0 Å². The molecule has 5 aromatic carbocycles. The normalized spacial score (nSPS) is 17.2. The summed E-state index contributed by atoms with van der Waals surface area (Å²) in [5.74, 6) is 0.338. The van der Waals surface area contributed by atoms with Crippen molar-refractivity contribution in [3.05, 3.63) is 143 Å². The Labute approximate surface area is 220 Å². The summed E-state index contributed by atoms with van der Waals surface area (Å²) in [4.78, 5) is 5.39. The number of hydrogen-bond acceptors (Lipinski definition) is 1. The molecule has 1 heterocycles. The number of nitrogens with zero attached hydrogens (tertiary/aromatic N) is 1. The molecule has 0 N–H and O–H groups in total. The highest BCUT2D eigenvalue weighted by Gasteiger charge is 2.32. The van der Waals surface area contributed by atoms with Crippen molar-refractivity contribution in [3.63, 3.8) is 0 Å². The van der Waals surface area contributed by atoms with Gasteiger partial charge in [0.2, 0.25) is 0 Å². The van der Waals surface area contributed by atoms with Gasteiger partial charge >= 0.3 is 0 Å². The quantitative estimate of drug-likeness (QED) is 0.168. The molecule has 0 fully saturated rings. The maximum absolute atomic E-state index is 5.39. The van der Waals surface area contributed by atoms with Gasteiger partial charge in [0.1, 0.15) is 0 Å². The molecule has 6 aromatic rings. The first kappa shape index (κ1) is 20.3. The zero-order chi connectivity index (χ0) is 24.8. The van der Waals surface area contributed by atoms with Crippen LogP contribution in [-0.4, -0.2) is 4.98 Å². The summed E-state index contributed by atoms with van der Waals surface area (Å²) < 4.78 is 0. The third-order valence-corrected chi connectivity index (χ3v) is 8.74. The van der Waals surface area contributed by atoms with Gasteiger partial charge in [-0.3, -0.25) is 0 Å². The van der Waals surface area contributed by atoms with E-state index in [2.05, 4.69) is 121 Å². The summed E-state index contributed by atoms with van der Waals surface area (Å²) in [5, 5.41) is 7.29. The SMILES string of the molecule is C1=CC2=CCc3ccc(-c4c5ccc6ccccc6c5nc5c4ccc4ccccc45)c4c3C2C(=C1)C=C4. The maximum atomic E-state index is 5.39. The van der Waals surface area contributed by atoms with Gasteiger partial charge in [-0.15, -0.1) is 0 Å². The van der Waals surface area contributed by atoms with E-state index in [4.69, 9.17) is 4.98 Å². The Morgan fingerprint density at radius 3 is 2.05 bits per heavy atom. The molecule has 1 nitrogen and oxygen atoms in total. The van der Waals surface area contributed by atoms with Crippen LogP contribution in [0.2, 0.25) is 0 Å². The zero-order valence-corrected chi connectivity index (χ0v) is 20.8. The van der Waals surface area contributed by atoms with E-state index in [9.17, 15) is 0 Å². The van der Waals surface area contributed by atoms with Crippen LogP contribution in [0.25, 0.3) is 60.6 Å². The first-order valence-electron chi connectivity index (χ1n) is 13.4. The summed E-state index contributed by atoms with van der Waals surface area (Å²) >= 11 is 0. The minimum Gasteiger partial charge on any atom is -0.246 e. The number of rotatable bonds is 1. The maximum Gasteiger partial charge on any atom is 0.0794 e. The fourth-order valence-corrected chi connectivity index (χ4v) is 7.03. The molecule has 1 unspecified atom stereocenters. The Morgan fingerprint density at radius 2 is 1.32 bits per heavy atom. The molecule has 0 radical (unpaired) electrons. The van der Waals surface area contributed by atoms with Crippen LogP contribution in [0, 0.1) is 0 Å². The average Bonchev–Trinajstić information content (AvgIpc) is 2.98. The third kappa shape index (κ3) is 2.63. The highest BCUT2D eigenvalue weighted by Crippen LogP contribution is 2.50. The first-order chi connectivity index (χ1) is 18.8. The second-order valence-corrected chi connectivity index (χ2v) is 10.7. The molecule has 0 saturated heterocycles. The number of hydrogen-bond donors (Lipinski definition) is 0. The molecule has 3 aliphatic rings. The fraction of sp³-hybridized carbons (Fsp3) is 0.0541. The number of fused-ring (bicyclic) bond motifs is 6. The van der Waals surface area contributed by atoms with Crippen LogP contribution in [0.4, 0.5) is 0 Å². The van der Waals surface area contributed by atoms with E-state index in [0.717, 1.165) is 17.5 Å². The van der Waals surface area contributed by atoms with Crippen molar-refractivity contribution in [2.75, 3.05) is 0 Å². The first-order valence-corrected chi connectivity index (χ1v) is 13.4. The molecule has 0 spiro atoms. The van der Waals surface area contributed by atoms with E-state index in [-0.39, 0.29) is 0 Å². The summed E-state index contributed by atoms with van der Waals surface area (Å²) in [6.07, 6.45) is 14.9. The van der Waals surface area contributed by atoms with Gasteiger partial charge in [-0.1, -0.05) is 121 Å². The van der Waals surface area contributed by atoms with Gasteiger partial charge in [-0.2, -0.15) is 0 Å². The third-order valence-electron chi connectivity index (χ3n) is 8.74. The van der Waals surface area contributed by atoms with Gasteiger partial charge in [-0.05, 0) is 50.6 Å². The molecule has 0 amide bonds. The van der Waals surface area contributed by atoms with E-state index in [1.54, 1.807) is 0 Å². The highest BCUT2D eigenvalue weighted by molar-refractivity contribution is 6.21. The average molecular weight is 482 g/mol. The number of allylic oxidation sites excluding steroid dienone is 7. The standard InChI is InChI=1S/C37H23N/c1-3-10-27-22(6-1)14-20-31-35(32-21-15-23-7-2-4-11-28(23)37(32)38-36(27)31)30-19-17-26-13-12-24-8-5-9-25-16-18-29(30)34(26)33(24)25/h1-12,14-21,33H,13H2. The molecule has 0 bridgehead atoms. The van der Waals surface area contributed by atoms with Gasteiger partial charge in [0, 0.05) is 33.0 Å². The van der Waals surface area contributed by atoms with E-state index in [0.29, 0.717) is 5.92 Å². The predicted octanol–water partition coefficient (Wildman–Crippen LogP) is 9.45. The molecule has 1 aromatic heterocycles. The summed E-state index contributed by atoms with van der Waals surface area (Å²) in [6.45, 7) is 0. The Kier molecular flexibility index (Phi) is 3.96.